The molecule has 0 aliphatic carbocycles. The fraction of sp³-hybridized carbons (Fsp3) is 0.316. The van der Waals surface area contributed by atoms with Crippen LogP contribution in [0, 0.1) is 11.7 Å². The number of aromatic nitrogens is 1. The molecule has 29 heavy (non-hydrogen) atoms. The van der Waals surface area contributed by atoms with E-state index in [1.54, 1.807) is 6.07 Å². The second-order valence-corrected chi connectivity index (χ2v) is 8.47. The van der Waals surface area contributed by atoms with Crippen molar-refractivity contribution in [1.82, 2.24) is 9.29 Å². The SMILES string of the molecule is O=C(COC(=O)C1CCN(S(=O)(=O)c2cccnc2)CC1)Nc1cccc(F)c1. The standard InChI is InChI=1S/C19H20FN3O5S/c20-15-3-1-4-16(11-15)22-18(24)13-28-19(25)14-6-9-23(10-7-14)29(26,27)17-5-2-8-21-12-17/h1-5,8,11-12,14H,6-7,9-10,13H2,(H,22,24). The van der Waals surface area contributed by atoms with Gasteiger partial charge in [-0.15, -0.1) is 0 Å². The summed E-state index contributed by atoms with van der Waals surface area (Å²) < 4.78 is 44.6. The van der Waals surface area contributed by atoms with Gasteiger partial charge in [-0.25, -0.2) is 12.8 Å². The van der Waals surface area contributed by atoms with Crippen LogP contribution in [0.1, 0.15) is 12.8 Å². The molecule has 0 atom stereocenters. The van der Waals surface area contributed by atoms with Crippen molar-refractivity contribution in [1.29, 1.82) is 0 Å². The van der Waals surface area contributed by atoms with Crippen molar-refractivity contribution in [2.75, 3.05) is 25.0 Å². The topological polar surface area (TPSA) is 106 Å². The number of carbonyl (C=O) groups is 2. The van der Waals surface area contributed by atoms with Crippen molar-refractivity contribution in [3.05, 3.63) is 54.6 Å². The highest BCUT2D eigenvalue weighted by Crippen LogP contribution is 2.24. The third-order valence-corrected chi connectivity index (χ3v) is 6.40. The summed E-state index contributed by atoms with van der Waals surface area (Å²) in [6, 6.07) is 8.38. The lowest BCUT2D eigenvalue weighted by Crippen LogP contribution is -2.40. The highest BCUT2D eigenvalue weighted by Gasteiger charge is 2.33. The van der Waals surface area contributed by atoms with E-state index in [1.165, 1.54) is 41.0 Å². The minimum Gasteiger partial charge on any atom is -0.455 e. The minimum atomic E-state index is -3.65. The third kappa shape index (κ3) is 5.36. The zero-order valence-corrected chi connectivity index (χ0v) is 16.3. The number of pyridine rings is 1. The first-order valence-corrected chi connectivity index (χ1v) is 10.4. The van der Waals surface area contributed by atoms with Crippen LogP contribution in [0.2, 0.25) is 0 Å². The van der Waals surface area contributed by atoms with Crippen LogP contribution < -0.4 is 5.32 Å². The Bertz CT molecular complexity index is 976. The van der Waals surface area contributed by atoms with Crippen molar-refractivity contribution in [2.45, 2.75) is 17.7 Å². The zero-order chi connectivity index (χ0) is 20.9. The molecule has 0 unspecified atom stereocenters. The maximum absolute atomic E-state index is 13.1. The van der Waals surface area contributed by atoms with Crippen LogP contribution in [-0.2, 0) is 24.3 Å². The van der Waals surface area contributed by atoms with E-state index in [0.29, 0.717) is 12.8 Å². The van der Waals surface area contributed by atoms with Gasteiger partial charge in [-0.3, -0.25) is 14.6 Å². The second kappa shape index (κ2) is 9.10. The van der Waals surface area contributed by atoms with Gasteiger partial charge in [-0.2, -0.15) is 4.31 Å². The largest absolute Gasteiger partial charge is 0.455 e. The monoisotopic (exact) mass is 421 g/mol. The quantitative estimate of drug-likeness (QED) is 0.713. The molecule has 154 valence electrons. The Morgan fingerprint density at radius 1 is 1.21 bits per heavy atom. The number of amides is 1. The second-order valence-electron chi connectivity index (χ2n) is 6.53. The number of ether oxygens (including phenoxy) is 1. The summed E-state index contributed by atoms with van der Waals surface area (Å²) in [5.41, 5.74) is 0.264. The Morgan fingerprint density at radius 3 is 2.62 bits per heavy atom. The van der Waals surface area contributed by atoms with Crippen LogP contribution in [0.4, 0.5) is 10.1 Å². The van der Waals surface area contributed by atoms with Gasteiger partial charge in [0.2, 0.25) is 10.0 Å². The van der Waals surface area contributed by atoms with Gasteiger partial charge in [-0.05, 0) is 43.2 Å². The lowest BCUT2D eigenvalue weighted by atomic mass is 9.98. The van der Waals surface area contributed by atoms with Crippen molar-refractivity contribution in [3.63, 3.8) is 0 Å². The molecule has 1 N–H and O–H groups in total. The molecule has 1 aliphatic heterocycles. The number of hydrogen-bond donors (Lipinski definition) is 1. The van der Waals surface area contributed by atoms with Crippen molar-refractivity contribution in [3.8, 4) is 0 Å². The highest BCUT2D eigenvalue weighted by atomic mass is 32.2. The first-order chi connectivity index (χ1) is 13.9. The maximum Gasteiger partial charge on any atom is 0.309 e. The van der Waals surface area contributed by atoms with Gasteiger partial charge >= 0.3 is 5.97 Å². The van der Waals surface area contributed by atoms with Crippen molar-refractivity contribution in [2.24, 2.45) is 5.92 Å². The Kier molecular flexibility index (Phi) is 6.55. The number of halogens is 1. The Hall–Kier alpha value is -2.85. The predicted octanol–water partition coefficient (Wildman–Crippen LogP) is 1.80. The fourth-order valence-electron chi connectivity index (χ4n) is 3.00. The van der Waals surface area contributed by atoms with Crippen LogP contribution in [0.25, 0.3) is 0 Å². The van der Waals surface area contributed by atoms with Crippen molar-refractivity contribution >= 4 is 27.6 Å². The van der Waals surface area contributed by atoms with Crippen LogP contribution in [-0.4, -0.2) is 49.3 Å². The van der Waals surface area contributed by atoms with E-state index in [0.717, 1.165) is 6.07 Å². The molecule has 2 heterocycles. The van der Waals surface area contributed by atoms with E-state index >= 15 is 0 Å². The number of anilines is 1. The molecule has 2 aromatic rings. The summed E-state index contributed by atoms with van der Waals surface area (Å²) in [6.07, 6.45) is 3.37. The number of sulfonamides is 1. The summed E-state index contributed by atoms with van der Waals surface area (Å²) in [4.78, 5) is 28.0. The van der Waals surface area contributed by atoms with E-state index in [4.69, 9.17) is 4.74 Å². The lowest BCUT2D eigenvalue weighted by molar-refractivity contribution is -0.152. The molecule has 1 aromatic carbocycles. The number of carbonyl (C=O) groups excluding carboxylic acids is 2. The minimum absolute atomic E-state index is 0.107. The van der Waals surface area contributed by atoms with Crippen LogP contribution in [0.5, 0.6) is 0 Å². The molecular weight excluding hydrogens is 401 g/mol. The average Bonchev–Trinajstić information content (AvgIpc) is 2.73. The van der Waals surface area contributed by atoms with E-state index in [9.17, 15) is 22.4 Å². The zero-order valence-electron chi connectivity index (χ0n) is 15.5. The molecule has 1 saturated heterocycles. The molecule has 1 fully saturated rings. The van der Waals surface area contributed by atoms with Gasteiger partial charge in [-0.1, -0.05) is 6.07 Å². The molecule has 0 spiro atoms. The van der Waals surface area contributed by atoms with Crippen LogP contribution in [0.15, 0.2) is 53.7 Å². The Balaban J connectivity index is 1.47. The molecule has 1 aliphatic rings. The number of hydrogen-bond acceptors (Lipinski definition) is 6. The van der Waals surface area contributed by atoms with E-state index in [-0.39, 0.29) is 23.7 Å². The van der Waals surface area contributed by atoms with Gasteiger partial charge in [0.25, 0.3) is 5.91 Å². The molecule has 3 rings (SSSR count). The number of nitrogens with one attached hydrogen (secondary N) is 1. The fourth-order valence-corrected chi connectivity index (χ4v) is 4.43. The number of rotatable bonds is 6. The summed E-state index contributed by atoms with van der Waals surface area (Å²) in [7, 11) is -3.65. The molecule has 10 heteroatoms. The first kappa shape index (κ1) is 20.9. The molecular formula is C19H20FN3O5S. The van der Waals surface area contributed by atoms with Gasteiger partial charge in [0.15, 0.2) is 6.61 Å². The molecule has 0 saturated carbocycles. The molecule has 0 radical (unpaired) electrons. The summed E-state index contributed by atoms with van der Waals surface area (Å²) in [6.45, 7) is -0.150. The molecule has 8 nitrogen and oxygen atoms in total. The number of benzene rings is 1. The lowest BCUT2D eigenvalue weighted by Gasteiger charge is -2.29. The van der Waals surface area contributed by atoms with Crippen LogP contribution >= 0.6 is 0 Å². The van der Waals surface area contributed by atoms with Gasteiger partial charge in [0.1, 0.15) is 10.7 Å². The third-order valence-electron chi connectivity index (χ3n) is 4.51. The van der Waals surface area contributed by atoms with Gasteiger partial charge in [0, 0.05) is 31.2 Å². The summed E-state index contributed by atoms with van der Waals surface area (Å²) in [5, 5.41) is 2.44. The normalized spacial score (nSPS) is 15.6. The van der Waals surface area contributed by atoms with E-state index in [2.05, 4.69) is 10.3 Å². The number of piperidine rings is 1. The maximum atomic E-state index is 13.1. The molecule has 1 amide bonds. The highest BCUT2D eigenvalue weighted by molar-refractivity contribution is 7.89. The van der Waals surface area contributed by atoms with Crippen molar-refractivity contribution < 1.29 is 27.1 Å². The average molecular weight is 421 g/mol. The molecule has 1 aromatic heterocycles. The van der Waals surface area contributed by atoms with Crippen LogP contribution in [0.3, 0.4) is 0 Å². The number of esters is 1. The Morgan fingerprint density at radius 2 is 1.97 bits per heavy atom. The first-order valence-electron chi connectivity index (χ1n) is 8.98. The number of nitrogens with zero attached hydrogens (tertiary/aromatic N) is 2. The van der Waals surface area contributed by atoms with E-state index in [1.807, 2.05) is 0 Å². The molecule has 0 bridgehead atoms. The summed E-state index contributed by atoms with van der Waals surface area (Å²) in [5.74, 6) is -2.12. The van der Waals surface area contributed by atoms with Gasteiger partial charge < -0.3 is 10.1 Å². The van der Waals surface area contributed by atoms with Gasteiger partial charge in [0.05, 0.1) is 5.92 Å². The predicted molar refractivity (Wildman–Crippen MR) is 102 cm³/mol. The Labute approximate surface area is 167 Å². The van der Waals surface area contributed by atoms with E-state index < -0.39 is 40.2 Å². The smallest absolute Gasteiger partial charge is 0.309 e. The summed E-state index contributed by atoms with van der Waals surface area (Å²) >= 11 is 0.